The zero-order valence-corrected chi connectivity index (χ0v) is 10.6. The summed E-state index contributed by atoms with van der Waals surface area (Å²) in [4.78, 5) is 3.21. The number of benzene rings is 1. The standard InChI is InChI=1S/C14H17ClN2/c15-13-9-17-14-8-10(4-5-12(13)14)7-11-3-1-2-6-16-11/h4-5,8-9,11,16-17H,1-3,6-7H2. The van der Waals surface area contributed by atoms with Crippen LogP contribution in [0.1, 0.15) is 24.8 Å². The Morgan fingerprint density at radius 1 is 1.29 bits per heavy atom. The van der Waals surface area contributed by atoms with Crippen LogP contribution in [-0.4, -0.2) is 17.6 Å². The first-order valence-electron chi connectivity index (χ1n) is 6.32. The average Bonchev–Trinajstić information content (AvgIpc) is 2.72. The van der Waals surface area contributed by atoms with Gasteiger partial charge in [0, 0.05) is 23.1 Å². The number of piperidine rings is 1. The second kappa shape index (κ2) is 4.71. The molecule has 1 unspecified atom stereocenters. The van der Waals surface area contributed by atoms with Gasteiger partial charge in [-0.3, -0.25) is 0 Å². The molecule has 1 aliphatic heterocycles. The summed E-state index contributed by atoms with van der Waals surface area (Å²) in [5.74, 6) is 0. The minimum Gasteiger partial charge on any atom is -0.360 e. The Bertz CT molecular complexity index is 512. The summed E-state index contributed by atoms with van der Waals surface area (Å²) in [5.41, 5.74) is 2.53. The first-order chi connectivity index (χ1) is 8.33. The Morgan fingerprint density at radius 3 is 3.06 bits per heavy atom. The molecule has 1 aliphatic rings. The molecule has 1 aromatic heterocycles. The van der Waals surface area contributed by atoms with Crippen LogP contribution in [0, 0.1) is 0 Å². The molecule has 0 aliphatic carbocycles. The van der Waals surface area contributed by atoms with Gasteiger partial charge in [0.2, 0.25) is 0 Å². The zero-order valence-electron chi connectivity index (χ0n) is 9.80. The van der Waals surface area contributed by atoms with Gasteiger partial charge >= 0.3 is 0 Å². The van der Waals surface area contributed by atoms with Crippen LogP contribution in [0.2, 0.25) is 5.02 Å². The molecular formula is C14H17ClN2. The summed E-state index contributed by atoms with van der Waals surface area (Å²) >= 11 is 6.07. The van der Waals surface area contributed by atoms with E-state index in [0.717, 1.165) is 22.3 Å². The third kappa shape index (κ3) is 2.33. The molecule has 0 radical (unpaired) electrons. The molecule has 17 heavy (non-hydrogen) atoms. The van der Waals surface area contributed by atoms with E-state index < -0.39 is 0 Å². The molecule has 1 aromatic carbocycles. The van der Waals surface area contributed by atoms with Crippen LogP contribution in [0.15, 0.2) is 24.4 Å². The van der Waals surface area contributed by atoms with Crippen LogP contribution in [0.25, 0.3) is 10.9 Å². The first-order valence-corrected chi connectivity index (χ1v) is 6.69. The lowest BCUT2D eigenvalue weighted by Crippen LogP contribution is -2.35. The summed E-state index contributed by atoms with van der Waals surface area (Å²) in [6, 6.07) is 7.17. The first kappa shape index (κ1) is 11.1. The lowest BCUT2D eigenvalue weighted by Gasteiger charge is -2.23. The highest BCUT2D eigenvalue weighted by Crippen LogP contribution is 2.24. The van der Waals surface area contributed by atoms with Crippen molar-refractivity contribution in [1.82, 2.24) is 10.3 Å². The Morgan fingerprint density at radius 2 is 2.24 bits per heavy atom. The van der Waals surface area contributed by atoms with Gasteiger partial charge in [-0.05, 0) is 37.4 Å². The number of H-pyrrole nitrogens is 1. The Labute approximate surface area is 106 Å². The van der Waals surface area contributed by atoms with Gasteiger partial charge in [-0.1, -0.05) is 30.2 Å². The van der Waals surface area contributed by atoms with E-state index in [1.165, 1.54) is 31.4 Å². The third-order valence-corrected chi connectivity index (χ3v) is 3.90. The van der Waals surface area contributed by atoms with Crippen molar-refractivity contribution in [2.24, 2.45) is 0 Å². The highest BCUT2D eigenvalue weighted by Gasteiger charge is 2.13. The number of halogens is 1. The largest absolute Gasteiger partial charge is 0.360 e. The molecule has 1 atom stereocenters. The number of aromatic amines is 1. The summed E-state index contributed by atoms with van der Waals surface area (Å²) in [6.45, 7) is 1.17. The fourth-order valence-corrected chi connectivity index (χ4v) is 2.87. The summed E-state index contributed by atoms with van der Waals surface area (Å²) in [7, 11) is 0. The van der Waals surface area contributed by atoms with Gasteiger partial charge in [-0.25, -0.2) is 0 Å². The number of rotatable bonds is 2. The predicted octanol–water partition coefficient (Wildman–Crippen LogP) is 3.51. The van der Waals surface area contributed by atoms with E-state index in [4.69, 9.17) is 11.6 Å². The molecule has 1 saturated heterocycles. The molecule has 0 bridgehead atoms. The Hall–Kier alpha value is -0.990. The van der Waals surface area contributed by atoms with Crippen molar-refractivity contribution in [2.75, 3.05) is 6.54 Å². The molecule has 2 nitrogen and oxygen atoms in total. The highest BCUT2D eigenvalue weighted by atomic mass is 35.5. The van der Waals surface area contributed by atoms with Crippen molar-refractivity contribution in [3.8, 4) is 0 Å². The van der Waals surface area contributed by atoms with E-state index in [2.05, 4.69) is 28.5 Å². The normalized spacial score (nSPS) is 20.9. The van der Waals surface area contributed by atoms with Crippen LogP contribution in [0.4, 0.5) is 0 Å². The maximum atomic E-state index is 6.07. The molecule has 1 fully saturated rings. The second-order valence-corrected chi connectivity index (χ2v) is 5.27. The van der Waals surface area contributed by atoms with Crippen molar-refractivity contribution in [2.45, 2.75) is 31.7 Å². The van der Waals surface area contributed by atoms with Gasteiger partial charge in [0.15, 0.2) is 0 Å². The SMILES string of the molecule is Clc1c[nH]c2cc(CC3CCCCN3)ccc12. The Kier molecular flexibility index (Phi) is 3.08. The maximum Gasteiger partial charge on any atom is 0.0659 e. The number of aromatic nitrogens is 1. The van der Waals surface area contributed by atoms with E-state index >= 15 is 0 Å². The van der Waals surface area contributed by atoms with Crippen LogP contribution in [0.5, 0.6) is 0 Å². The monoisotopic (exact) mass is 248 g/mol. The number of hydrogen-bond donors (Lipinski definition) is 2. The second-order valence-electron chi connectivity index (χ2n) is 4.87. The van der Waals surface area contributed by atoms with Gasteiger partial charge in [0.05, 0.1) is 5.02 Å². The summed E-state index contributed by atoms with van der Waals surface area (Å²) in [5, 5.41) is 5.51. The van der Waals surface area contributed by atoms with Crippen molar-refractivity contribution < 1.29 is 0 Å². The van der Waals surface area contributed by atoms with E-state index in [1.807, 2.05) is 6.20 Å². The molecule has 0 saturated carbocycles. The molecule has 0 spiro atoms. The fourth-order valence-electron chi connectivity index (χ4n) is 2.65. The van der Waals surface area contributed by atoms with Gasteiger partial charge in [0.1, 0.15) is 0 Å². The molecule has 2 N–H and O–H groups in total. The fraction of sp³-hybridized carbons (Fsp3) is 0.429. The van der Waals surface area contributed by atoms with Crippen LogP contribution in [-0.2, 0) is 6.42 Å². The van der Waals surface area contributed by atoms with E-state index in [-0.39, 0.29) is 0 Å². The van der Waals surface area contributed by atoms with Crippen molar-refractivity contribution in [3.05, 3.63) is 35.0 Å². The van der Waals surface area contributed by atoms with Crippen LogP contribution in [0.3, 0.4) is 0 Å². The van der Waals surface area contributed by atoms with E-state index in [9.17, 15) is 0 Å². The van der Waals surface area contributed by atoms with Crippen molar-refractivity contribution in [1.29, 1.82) is 0 Å². The molecule has 3 rings (SSSR count). The number of fused-ring (bicyclic) bond motifs is 1. The molecule has 0 amide bonds. The molecule has 2 aromatic rings. The molecular weight excluding hydrogens is 232 g/mol. The smallest absolute Gasteiger partial charge is 0.0659 e. The van der Waals surface area contributed by atoms with E-state index in [1.54, 1.807) is 0 Å². The van der Waals surface area contributed by atoms with Crippen LogP contribution >= 0.6 is 11.6 Å². The average molecular weight is 249 g/mol. The minimum atomic E-state index is 0.645. The molecule has 2 heterocycles. The van der Waals surface area contributed by atoms with E-state index in [0.29, 0.717) is 6.04 Å². The van der Waals surface area contributed by atoms with Crippen LogP contribution < -0.4 is 5.32 Å². The lowest BCUT2D eigenvalue weighted by atomic mass is 9.97. The molecule has 90 valence electrons. The molecule has 3 heteroatoms. The summed E-state index contributed by atoms with van der Waals surface area (Å²) < 4.78 is 0. The van der Waals surface area contributed by atoms with Gasteiger partial charge < -0.3 is 10.3 Å². The number of hydrogen-bond acceptors (Lipinski definition) is 1. The van der Waals surface area contributed by atoms with Gasteiger partial charge in [-0.15, -0.1) is 0 Å². The highest BCUT2D eigenvalue weighted by molar-refractivity contribution is 6.35. The van der Waals surface area contributed by atoms with Gasteiger partial charge in [0.25, 0.3) is 0 Å². The topological polar surface area (TPSA) is 27.8 Å². The maximum absolute atomic E-state index is 6.07. The van der Waals surface area contributed by atoms with Gasteiger partial charge in [-0.2, -0.15) is 0 Å². The van der Waals surface area contributed by atoms with Crippen molar-refractivity contribution >= 4 is 22.5 Å². The quantitative estimate of drug-likeness (QED) is 0.837. The third-order valence-electron chi connectivity index (χ3n) is 3.59. The Balaban J connectivity index is 1.80. The summed E-state index contributed by atoms with van der Waals surface area (Å²) in [6.07, 6.45) is 6.95. The lowest BCUT2D eigenvalue weighted by molar-refractivity contribution is 0.399. The minimum absolute atomic E-state index is 0.645. The zero-order chi connectivity index (χ0) is 11.7. The van der Waals surface area contributed by atoms with Crippen molar-refractivity contribution in [3.63, 3.8) is 0 Å². The number of nitrogens with one attached hydrogen (secondary N) is 2. The predicted molar refractivity (Wildman–Crippen MR) is 72.7 cm³/mol.